The van der Waals surface area contributed by atoms with Gasteiger partial charge in [-0.05, 0) is 36.7 Å². The van der Waals surface area contributed by atoms with Crippen molar-refractivity contribution in [1.82, 2.24) is 0 Å². The first-order valence-corrected chi connectivity index (χ1v) is 8.44. The molecule has 24 heavy (non-hydrogen) atoms. The number of carbonyl (C=O) groups is 1. The normalized spacial score (nSPS) is 30.4. The molecule has 1 saturated heterocycles. The van der Waals surface area contributed by atoms with E-state index < -0.39 is 11.2 Å². The highest BCUT2D eigenvalue weighted by Gasteiger charge is 2.53. The zero-order valence-corrected chi connectivity index (χ0v) is 13.9. The van der Waals surface area contributed by atoms with Crippen LogP contribution in [0.5, 0.6) is 0 Å². The second-order valence-corrected chi connectivity index (χ2v) is 6.96. The molecule has 2 aliphatic carbocycles. The Morgan fingerprint density at radius 1 is 1.38 bits per heavy atom. The molecule has 1 saturated carbocycles. The van der Waals surface area contributed by atoms with Crippen LogP contribution in [0.15, 0.2) is 11.6 Å². The largest absolute Gasteiger partial charge is 0.461 e. The van der Waals surface area contributed by atoms with E-state index in [9.17, 15) is 15.3 Å². The van der Waals surface area contributed by atoms with Crippen LogP contribution in [0.3, 0.4) is 0 Å². The minimum Gasteiger partial charge on any atom is -0.461 e. The lowest BCUT2D eigenvalue weighted by molar-refractivity contribution is -0.198. The van der Waals surface area contributed by atoms with Crippen molar-refractivity contribution < 1.29 is 19.0 Å². The van der Waals surface area contributed by atoms with Crippen LogP contribution < -0.4 is 0 Å². The number of allylic oxidation sites excluding steroid dienone is 1. The molecule has 3 aliphatic rings. The fourth-order valence-electron chi connectivity index (χ4n) is 4.35. The predicted molar refractivity (Wildman–Crippen MR) is 83.1 cm³/mol. The summed E-state index contributed by atoms with van der Waals surface area (Å²) in [5.41, 5.74) is -0.0503. The maximum absolute atomic E-state index is 11.1. The van der Waals surface area contributed by atoms with E-state index in [0.717, 1.165) is 18.4 Å². The van der Waals surface area contributed by atoms with Gasteiger partial charge in [-0.25, -0.2) is 0 Å². The molecule has 2 atom stereocenters. The van der Waals surface area contributed by atoms with Crippen LogP contribution in [0.4, 0.5) is 0 Å². The Kier molecular flexibility index (Phi) is 4.62. The predicted octanol–water partition coefficient (Wildman–Crippen LogP) is 2.46. The lowest BCUT2D eigenvalue weighted by Crippen LogP contribution is -2.45. The van der Waals surface area contributed by atoms with Crippen molar-refractivity contribution in [1.29, 1.82) is 10.5 Å². The highest BCUT2D eigenvalue weighted by atomic mass is 16.7. The van der Waals surface area contributed by atoms with E-state index in [1.807, 2.05) is 6.08 Å². The molecule has 3 rings (SSSR count). The number of esters is 1. The van der Waals surface area contributed by atoms with Gasteiger partial charge in [-0.2, -0.15) is 10.5 Å². The van der Waals surface area contributed by atoms with Crippen molar-refractivity contribution >= 4 is 5.97 Å². The third-order valence-electron chi connectivity index (χ3n) is 5.52. The molecule has 0 aromatic heterocycles. The molecule has 6 nitrogen and oxygen atoms in total. The number of ether oxygens (including phenoxy) is 3. The Morgan fingerprint density at radius 2 is 2.08 bits per heavy atom. The second kappa shape index (κ2) is 6.55. The van der Waals surface area contributed by atoms with Crippen LogP contribution in [0.2, 0.25) is 0 Å². The van der Waals surface area contributed by atoms with E-state index in [1.165, 1.54) is 6.92 Å². The van der Waals surface area contributed by atoms with Crippen molar-refractivity contribution in [2.24, 2.45) is 17.3 Å². The van der Waals surface area contributed by atoms with Gasteiger partial charge in [0.15, 0.2) is 5.79 Å². The maximum atomic E-state index is 11.1. The van der Waals surface area contributed by atoms with Crippen molar-refractivity contribution in [3.8, 4) is 12.1 Å². The lowest BCUT2D eigenvalue weighted by atomic mass is 9.62. The summed E-state index contributed by atoms with van der Waals surface area (Å²) in [7, 11) is 0. The third-order valence-corrected chi connectivity index (χ3v) is 5.52. The standard InChI is InChI=1S/C18H22N2O4/c1-13(21)22-10-14-2-4-17(11-19,12-20)16-3-5-18(9-15(16)8-14)23-6-7-24-18/h2,15-16H,3-10H2,1H3. The molecule has 0 bridgehead atoms. The third kappa shape index (κ3) is 3.05. The number of hydrogen-bond acceptors (Lipinski definition) is 6. The maximum Gasteiger partial charge on any atom is 0.302 e. The molecule has 0 radical (unpaired) electrons. The molecule has 0 aromatic carbocycles. The van der Waals surface area contributed by atoms with Gasteiger partial charge in [0.25, 0.3) is 0 Å². The minimum atomic E-state index is -1.02. The van der Waals surface area contributed by atoms with Gasteiger partial charge in [0.05, 0.1) is 25.4 Å². The van der Waals surface area contributed by atoms with Crippen LogP contribution in [0, 0.1) is 39.9 Å². The Bertz CT molecular complexity index is 608. The summed E-state index contributed by atoms with van der Waals surface area (Å²) in [5, 5.41) is 19.4. The monoisotopic (exact) mass is 330 g/mol. The summed E-state index contributed by atoms with van der Waals surface area (Å²) in [6.45, 7) is 2.79. The van der Waals surface area contributed by atoms with E-state index in [0.29, 0.717) is 32.5 Å². The Morgan fingerprint density at radius 3 is 2.71 bits per heavy atom. The van der Waals surface area contributed by atoms with Crippen LogP contribution in [0.25, 0.3) is 0 Å². The zero-order chi connectivity index (χ0) is 17.2. The molecule has 1 aliphatic heterocycles. The fourth-order valence-corrected chi connectivity index (χ4v) is 4.35. The average molecular weight is 330 g/mol. The Hall–Kier alpha value is -1.89. The van der Waals surface area contributed by atoms with E-state index in [2.05, 4.69) is 12.1 Å². The summed E-state index contributed by atoms with van der Waals surface area (Å²) in [5.74, 6) is -0.794. The Labute approximate surface area is 142 Å². The fraction of sp³-hybridized carbons (Fsp3) is 0.722. The molecule has 2 fully saturated rings. The smallest absolute Gasteiger partial charge is 0.302 e. The average Bonchev–Trinajstić information content (AvgIpc) is 2.95. The van der Waals surface area contributed by atoms with Crippen LogP contribution in [-0.2, 0) is 19.0 Å². The van der Waals surface area contributed by atoms with Gasteiger partial charge >= 0.3 is 5.97 Å². The van der Waals surface area contributed by atoms with Crippen molar-refractivity contribution in [3.05, 3.63) is 11.6 Å². The van der Waals surface area contributed by atoms with Crippen LogP contribution in [-0.4, -0.2) is 31.6 Å². The van der Waals surface area contributed by atoms with Gasteiger partial charge in [0, 0.05) is 19.8 Å². The second-order valence-electron chi connectivity index (χ2n) is 6.96. The van der Waals surface area contributed by atoms with E-state index >= 15 is 0 Å². The summed E-state index contributed by atoms with van der Waals surface area (Å²) in [6.07, 6.45) is 5.14. The highest BCUT2D eigenvalue weighted by molar-refractivity contribution is 5.66. The number of hydrogen-bond donors (Lipinski definition) is 0. The quantitative estimate of drug-likeness (QED) is 0.570. The molecular weight excluding hydrogens is 308 g/mol. The lowest BCUT2D eigenvalue weighted by Gasteiger charge is -2.44. The first-order valence-electron chi connectivity index (χ1n) is 8.44. The molecule has 1 spiro atoms. The minimum absolute atomic E-state index is 0.0167. The molecule has 0 N–H and O–H groups in total. The number of nitrogens with zero attached hydrogens (tertiary/aromatic N) is 2. The number of fused-ring (bicyclic) bond motifs is 1. The van der Waals surface area contributed by atoms with E-state index in [1.54, 1.807) is 0 Å². The summed E-state index contributed by atoms with van der Waals surface area (Å²) in [4.78, 5) is 11.1. The summed E-state index contributed by atoms with van der Waals surface area (Å²) in [6, 6.07) is 4.55. The molecule has 2 unspecified atom stereocenters. The first-order chi connectivity index (χ1) is 11.5. The molecule has 0 aromatic rings. The molecule has 128 valence electrons. The zero-order valence-electron chi connectivity index (χ0n) is 13.9. The molecule has 6 heteroatoms. The molecular formula is C18H22N2O4. The van der Waals surface area contributed by atoms with Crippen molar-refractivity contribution in [3.63, 3.8) is 0 Å². The van der Waals surface area contributed by atoms with E-state index in [4.69, 9.17) is 14.2 Å². The topological polar surface area (TPSA) is 92.3 Å². The van der Waals surface area contributed by atoms with Gasteiger partial charge in [-0.3, -0.25) is 4.79 Å². The SMILES string of the molecule is CC(=O)OCC1=CCC(C#N)(C#N)C2CCC3(CC2C1)OCCO3. The van der Waals surface area contributed by atoms with E-state index in [-0.39, 0.29) is 24.4 Å². The molecule has 0 amide bonds. The number of rotatable bonds is 2. The number of nitriles is 2. The van der Waals surface area contributed by atoms with Gasteiger partial charge in [-0.1, -0.05) is 6.08 Å². The van der Waals surface area contributed by atoms with Gasteiger partial charge in [0.1, 0.15) is 12.0 Å². The van der Waals surface area contributed by atoms with Crippen LogP contribution in [0.1, 0.15) is 39.0 Å². The van der Waals surface area contributed by atoms with Crippen LogP contribution >= 0.6 is 0 Å². The molecule has 1 heterocycles. The highest BCUT2D eigenvalue weighted by Crippen LogP contribution is 2.52. The van der Waals surface area contributed by atoms with Crippen molar-refractivity contribution in [2.45, 2.75) is 44.8 Å². The van der Waals surface area contributed by atoms with Gasteiger partial charge < -0.3 is 14.2 Å². The number of carbonyl (C=O) groups excluding carboxylic acids is 1. The summed E-state index contributed by atoms with van der Waals surface area (Å²) >= 11 is 0. The Balaban J connectivity index is 1.86. The van der Waals surface area contributed by atoms with Crippen molar-refractivity contribution in [2.75, 3.05) is 19.8 Å². The first kappa shape index (κ1) is 17.0. The summed E-state index contributed by atoms with van der Waals surface area (Å²) < 4.78 is 16.8. The van der Waals surface area contributed by atoms with Gasteiger partial charge in [0.2, 0.25) is 0 Å². The van der Waals surface area contributed by atoms with Gasteiger partial charge in [-0.15, -0.1) is 0 Å².